The van der Waals surface area contributed by atoms with E-state index in [2.05, 4.69) is 5.92 Å². The van der Waals surface area contributed by atoms with Crippen LogP contribution in [0.5, 0.6) is 5.75 Å². The number of hydrogen-bond donors (Lipinski definition) is 1. The van der Waals surface area contributed by atoms with Gasteiger partial charge in [0.1, 0.15) is 19.0 Å². The molecule has 1 amide bonds. The Bertz CT molecular complexity index is 458. The van der Waals surface area contributed by atoms with Crippen LogP contribution < -0.4 is 10.5 Å². The fraction of sp³-hybridized carbons (Fsp3) is 0.308. The summed E-state index contributed by atoms with van der Waals surface area (Å²) in [5.41, 5.74) is 4.96. The molecule has 1 aromatic carbocycles. The maximum Gasteiger partial charge on any atom is 0.404 e. The molecule has 0 aliphatic heterocycles. The number of terminal acetylenes is 1. The fourth-order valence-electron chi connectivity index (χ4n) is 1.27. The Hall–Kier alpha value is -1.90. The van der Waals surface area contributed by atoms with Crippen molar-refractivity contribution in [3.63, 3.8) is 0 Å². The molecule has 0 saturated heterocycles. The molecular weight excluding hydrogens is 270 g/mol. The summed E-state index contributed by atoms with van der Waals surface area (Å²) in [5.74, 6) is 2.79. The van der Waals surface area contributed by atoms with Crippen molar-refractivity contribution in [2.24, 2.45) is 5.73 Å². The van der Waals surface area contributed by atoms with Gasteiger partial charge in [0.25, 0.3) is 0 Å². The average molecular weight is 284 g/mol. The van der Waals surface area contributed by atoms with E-state index in [1.54, 1.807) is 24.3 Å². The maximum atomic E-state index is 10.7. The van der Waals surface area contributed by atoms with Crippen LogP contribution in [0, 0.1) is 12.3 Å². The molecule has 0 radical (unpaired) electrons. The SMILES string of the molecule is C#CCOCC(COc1ccccc1Cl)OC(N)=O. The summed E-state index contributed by atoms with van der Waals surface area (Å²) >= 11 is 5.93. The number of amides is 1. The van der Waals surface area contributed by atoms with Crippen LogP contribution >= 0.6 is 11.6 Å². The Balaban J connectivity index is 2.50. The molecular formula is C13H14ClNO4. The van der Waals surface area contributed by atoms with Crippen molar-refractivity contribution in [3.8, 4) is 18.1 Å². The molecule has 0 heterocycles. The molecule has 0 aliphatic carbocycles. The second kappa shape index (κ2) is 8.25. The Labute approximate surface area is 116 Å². The standard InChI is InChI=1S/C13H14ClNO4/c1-2-7-17-8-10(19-13(15)16)9-18-12-6-4-3-5-11(12)14/h1,3-6,10H,7-9H2,(H2,15,16). The number of hydrogen-bond acceptors (Lipinski definition) is 4. The first-order valence-corrected chi connectivity index (χ1v) is 5.86. The first kappa shape index (κ1) is 15.2. The van der Waals surface area contributed by atoms with E-state index in [1.165, 1.54) is 0 Å². The van der Waals surface area contributed by atoms with Crippen molar-refractivity contribution in [3.05, 3.63) is 29.3 Å². The van der Waals surface area contributed by atoms with Gasteiger partial charge in [0.2, 0.25) is 0 Å². The molecule has 1 rings (SSSR count). The van der Waals surface area contributed by atoms with Crippen LogP contribution in [0.15, 0.2) is 24.3 Å². The lowest BCUT2D eigenvalue weighted by Gasteiger charge is -2.17. The lowest BCUT2D eigenvalue weighted by atomic mass is 10.3. The van der Waals surface area contributed by atoms with Crippen molar-refractivity contribution < 1.29 is 19.0 Å². The van der Waals surface area contributed by atoms with E-state index in [1.807, 2.05) is 0 Å². The lowest BCUT2D eigenvalue weighted by Crippen LogP contribution is -2.32. The zero-order chi connectivity index (χ0) is 14.1. The number of halogens is 1. The summed E-state index contributed by atoms with van der Waals surface area (Å²) in [6.07, 6.45) is 3.49. The third-order valence-corrected chi connectivity index (χ3v) is 2.35. The molecule has 102 valence electrons. The van der Waals surface area contributed by atoms with Crippen molar-refractivity contribution in [2.45, 2.75) is 6.10 Å². The first-order valence-electron chi connectivity index (χ1n) is 5.48. The van der Waals surface area contributed by atoms with E-state index in [0.29, 0.717) is 10.8 Å². The van der Waals surface area contributed by atoms with Gasteiger partial charge in [-0.05, 0) is 12.1 Å². The molecule has 0 saturated carbocycles. The number of rotatable bonds is 7. The highest BCUT2D eigenvalue weighted by Crippen LogP contribution is 2.23. The third kappa shape index (κ3) is 6.00. The molecule has 0 aliphatic rings. The van der Waals surface area contributed by atoms with Crippen molar-refractivity contribution in [1.29, 1.82) is 0 Å². The summed E-state index contributed by atoms with van der Waals surface area (Å²) < 4.78 is 15.4. The largest absolute Gasteiger partial charge is 0.488 e. The highest BCUT2D eigenvalue weighted by molar-refractivity contribution is 6.32. The van der Waals surface area contributed by atoms with Gasteiger partial charge in [-0.1, -0.05) is 29.7 Å². The zero-order valence-electron chi connectivity index (χ0n) is 10.2. The number of nitrogens with two attached hydrogens (primary N) is 1. The minimum absolute atomic E-state index is 0.0667. The van der Waals surface area contributed by atoms with E-state index < -0.39 is 12.2 Å². The predicted molar refractivity (Wildman–Crippen MR) is 71.1 cm³/mol. The molecule has 0 bridgehead atoms. The van der Waals surface area contributed by atoms with Crippen molar-refractivity contribution in [1.82, 2.24) is 0 Å². The molecule has 2 N–H and O–H groups in total. The smallest absolute Gasteiger partial charge is 0.404 e. The van der Waals surface area contributed by atoms with Crippen LogP contribution in [0.1, 0.15) is 0 Å². The van der Waals surface area contributed by atoms with Crippen LogP contribution in [0.4, 0.5) is 4.79 Å². The topological polar surface area (TPSA) is 70.8 Å². The number of benzene rings is 1. The molecule has 19 heavy (non-hydrogen) atoms. The lowest BCUT2D eigenvalue weighted by molar-refractivity contribution is 0.0101. The van der Waals surface area contributed by atoms with Crippen LogP contribution in [-0.4, -0.2) is 32.0 Å². The van der Waals surface area contributed by atoms with E-state index in [-0.39, 0.29) is 19.8 Å². The fourth-order valence-corrected chi connectivity index (χ4v) is 1.46. The van der Waals surface area contributed by atoms with Gasteiger partial charge in [-0.2, -0.15) is 0 Å². The first-order chi connectivity index (χ1) is 9.13. The number of carbonyl (C=O) groups excluding carboxylic acids is 1. The van der Waals surface area contributed by atoms with Crippen LogP contribution in [0.2, 0.25) is 5.02 Å². The molecule has 1 unspecified atom stereocenters. The Morgan fingerprint density at radius 1 is 1.42 bits per heavy atom. The van der Waals surface area contributed by atoms with Crippen molar-refractivity contribution in [2.75, 3.05) is 19.8 Å². The van der Waals surface area contributed by atoms with Gasteiger partial charge in [-0.15, -0.1) is 6.42 Å². The minimum Gasteiger partial charge on any atom is -0.488 e. The number of carbonyl (C=O) groups is 1. The highest BCUT2D eigenvalue weighted by atomic mass is 35.5. The maximum absolute atomic E-state index is 10.7. The van der Waals surface area contributed by atoms with Crippen LogP contribution in [0.25, 0.3) is 0 Å². The Morgan fingerprint density at radius 3 is 2.79 bits per heavy atom. The molecule has 1 aromatic rings. The molecule has 0 fully saturated rings. The highest BCUT2D eigenvalue weighted by Gasteiger charge is 2.14. The quantitative estimate of drug-likeness (QED) is 0.612. The Morgan fingerprint density at radius 2 is 2.16 bits per heavy atom. The van der Waals surface area contributed by atoms with Gasteiger partial charge in [0.15, 0.2) is 6.10 Å². The van der Waals surface area contributed by atoms with E-state index in [4.69, 9.17) is 38.0 Å². The molecule has 1 atom stereocenters. The van der Waals surface area contributed by atoms with Gasteiger partial charge >= 0.3 is 6.09 Å². The zero-order valence-corrected chi connectivity index (χ0v) is 10.9. The Kier molecular flexibility index (Phi) is 6.58. The van der Waals surface area contributed by atoms with Gasteiger partial charge in [0.05, 0.1) is 11.6 Å². The summed E-state index contributed by atoms with van der Waals surface area (Å²) in [6.45, 7) is 0.277. The number of primary amides is 1. The van der Waals surface area contributed by atoms with Crippen LogP contribution in [-0.2, 0) is 9.47 Å². The third-order valence-electron chi connectivity index (χ3n) is 2.03. The molecule has 6 heteroatoms. The minimum atomic E-state index is -0.905. The second-order valence-corrected chi connectivity index (χ2v) is 3.93. The summed E-state index contributed by atoms with van der Waals surface area (Å²) in [5, 5.41) is 0.463. The van der Waals surface area contributed by atoms with E-state index in [0.717, 1.165) is 0 Å². The number of ether oxygens (including phenoxy) is 3. The normalized spacial score (nSPS) is 11.4. The van der Waals surface area contributed by atoms with Gasteiger partial charge < -0.3 is 19.9 Å². The average Bonchev–Trinajstić information content (AvgIpc) is 2.37. The van der Waals surface area contributed by atoms with E-state index in [9.17, 15) is 4.79 Å². The van der Waals surface area contributed by atoms with Gasteiger partial charge in [0, 0.05) is 0 Å². The summed E-state index contributed by atoms with van der Waals surface area (Å²) in [7, 11) is 0. The second-order valence-electron chi connectivity index (χ2n) is 3.52. The molecule has 5 nitrogen and oxygen atoms in total. The monoisotopic (exact) mass is 283 g/mol. The van der Waals surface area contributed by atoms with Crippen molar-refractivity contribution >= 4 is 17.7 Å². The van der Waals surface area contributed by atoms with E-state index >= 15 is 0 Å². The molecule has 0 spiro atoms. The molecule has 0 aromatic heterocycles. The summed E-state index contributed by atoms with van der Waals surface area (Å²) in [4.78, 5) is 10.7. The summed E-state index contributed by atoms with van der Waals surface area (Å²) in [6, 6.07) is 6.95. The van der Waals surface area contributed by atoms with Gasteiger partial charge in [-0.25, -0.2) is 4.79 Å². The predicted octanol–water partition coefficient (Wildman–Crippen LogP) is 1.83. The van der Waals surface area contributed by atoms with Crippen LogP contribution in [0.3, 0.4) is 0 Å². The number of para-hydroxylation sites is 1. The van der Waals surface area contributed by atoms with Gasteiger partial charge in [-0.3, -0.25) is 0 Å².